The fourth-order valence-electron chi connectivity index (χ4n) is 2.51. The molecule has 5 heteroatoms. The van der Waals surface area contributed by atoms with Crippen molar-refractivity contribution in [2.24, 2.45) is 5.10 Å². The number of nitrogens with zero attached hydrogens (tertiary/aromatic N) is 1. The molecule has 0 heterocycles. The maximum absolute atomic E-state index is 11.8. The second-order valence-electron chi connectivity index (χ2n) is 5.84. The van der Waals surface area contributed by atoms with Crippen molar-refractivity contribution >= 4 is 23.7 Å². The molecule has 0 unspecified atom stereocenters. The standard InChI is InChI=1S/C19H21N3O2/c1-12-6-5-7-16(10-12)21-18(23)19(24)22-20-11-17-14(3)8-13(2)9-15(17)4/h5-11H,1-4H3,(H,21,23)(H,22,24). The number of benzene rings is 2. The number of anilines is 1. The molecule has 0 aliphatic carbocycles. The molecule has 0 aromatic heterocycles. The minimum Gasteiger partial charge on any atom is -0.318 e. The quantitative estimate of drug-likeness (QED) is 0.518. The van der Waals surface area contributed by atoms with Gasteiger partial charge >= 0.3 is 11.8 Å². The number of hydrogen-bond acceptors (Lipinski definition) is 3. The Morgan fingerprint density at radius 3 is 2.21 bits per heavy atom. The van der Waals surface area contributed by atoms with Crippen molar-refractivity contribution in [3.05, 3.63) is 64.2 Å². The SMILES string of the molecule is Cc1cccc(NC(=O)C(=O)NN=Cc2c(C)cc(C)cc2C)c1. The molecule has 124 valence electrons. The number of amides is 2. The first-order valence-corrected chi connectivity index (χ1v) is 7.65. The molecule has 0 spiro atoms. The fraction of sp³-hybridized carbons (Fsp3) is 0.211. The Kier molecular flexibility index (Phi) is 5.47. The van der Waals surface area contributed by atoms with E-state index in [4.69, 9.17) is 0 Å². The van der Waals surface area contributed by atoms with Gasteiger partial charge in [-0.05, 0) is 56.5 Å². The summed E-state index contributed by atoms with van der Waals surface area (Å²) in [7, 11) is 0. The molecule has 2 rings (SSSR count). The third kappa shape index (κ3) is 4.52. The Balaban J connectivity index is 1.99. The molecule has 2 amide bonds. The monoisotopic (exact) mass is 323 g/mol. The number of carbonyl (C=O) groups is 2. The van der Waals surface area contributed by atoms with Crippen molar-refractivity contribution < 1.29 is 9.59 Å². The maximum Gasteiger partial charge on any atom is 0.329 e. The van der Waals surface area contributed by atoms with Crippen molar-refractivity contribution in [1.82, 2.24) is 5.43 Å². The van der Waals surface area contributed by atoms with E-state index in [0.29, 0.717) is 5.69 Å². The fourth-order valence-corrected chi connectivity index (χ4v) is 2.51. The van der Waals surface area contributed by atoms with Crippen LogP contribution in [0.25, 0.3) is 0 Å². The van der Waals surface area contributed by atoms with Gasteiger partial charge in [-0.2, -0.15) is 5.10 Å². The smallest absolute Gasteiger partial charge is 0.318 e. The molecule has 0 atom stereocenters. The van der Waals surface area contributed by atoms with Crippen LogP contribution >= 0.6 is 0 Å². The van der Waals surface area contributed by atoms with Gasteiger partial charge in [-0.1, -0.05) is 29.8 Å². The van der Waals surface area contributed by atoms with Crippen LogP contribution in [0.1, 0.15) is 27.8 Å². The summed E-state index contributed by atoms with van der Waals surface area (Å²) in [5, 5.41) is 6.42. The maximum atomic E-state index is 11.8. The van der Waals surface area contributed by atoms with E-state index in [1.165, 1.54) is 5.56 Å². The molecular formula is C19H21N3O2. The predicted octanol–water partition coefficient (Wildman–Crippen LogP) is 3.01. The zero-order valence-corrected chi connectivity index (χ0v) is 14.3. The first-order valence-electron chi connectivity index (χ1n) is 7.65. The van der Waals surface area contributed by atoms with Crippen LogP contribution in [0.2, 0.25) is 0 Å². The van der Waals surface area contributed by atoms with Crippen LogP contribution in [0, 0.1) is 27.7 Å². The Bertz CT molecular complexity index is 787. The normalized spacial score (nSPS) is 10.7. The summed E-state index contributed by atoms with van der Waals surface area (Å²) in [5.41, 5.74) is 8.05. The van der Waals surface area contributed by atoms with Crippen molar-refractivity contribution in [3.63, 3.8) is 0 Å². The summed E-state index contributed by atoms with van der Waals surface area (Å²) < 4.78 is 0. The van der Waals surface area contributed by atoms with Gasteiger partial charge in [0, 0.05) is 11.3 Å². The Labute approximate surface area is 141 Å². The molecular weight excluding hydrogens is 302 g/mol. The summed E-state index contributed by atoms with van der Waals surface area (Å²) in [6.07, 6.45) is 1.56. The number of hydrogen-bond donors (Lipinski definition) is 2. The molecule has 0 aliphatic rings. The van der Waals surface area contributed by atoms with Crippen LogP contribution in [0.15, 0.2) is 41.5 Å². The highest BCUT2D eigenvalue weighted by molar-refractivity contribution is 6.39. The van der Waals surface area contributed by atoms with E-state index >= 15 is 0 Å². The summed E-state index contributed by atoms with van der Waals surface area (Å²) >= 11 is 0. The first-order chi connectivity index (χ1) is 11.4. The predicted molar refractivity (Wildman–Crippen MR) is 96.2 cm³/mol. The lowest BCUT2D eigenvalue weighted by Gasteiger charge is -2.07. The molecule has 2 aromatic carbocycles. The average molecular weight is 323 g/mol. The van der Waals surface area contributed by atoms with Gasteiger partial charge < -0.3 is 5.32 Å². The lowest BCUT2D eigenvalue weighted by Crippen LogP contribution is -2.32. The van der Waals surface area contributed by atoms with Gasteiger partial charge in [-0.15, -0.1) is 0 Å². The minimum absolute atomic E-state index is 0.573. The highest BCUT2D eigenvalue weighted by Gasteiger charge is 2.12. The number of nitrogens with one attached hydrogen (secondary N) is 2. The van der Waals surface area contributed by atoms with Crippen LogP contribution in [0.3, 0.4) is 0 Å². The molecule has 0 bridgehead atoms. The van der Waals surface area contributed by atoms with Crippen LogP contribution < -0.4 is 10.7 Å². The molecule has 0 saturated carbocycles. The van der Waals surface area contributed by atoms with Gasteiger partial charge in [0.15, 0.2) is 0 Å². The van der Waals surface area contributed by atoms with E-state index < -0.39 is 11.8 Å². The third-order valence-electron chi connectivity index (χ3n) is 3.58. The lowest BCUT2D eigenvalue weighted by atomic mass is 10.0. The highest BCUT2D eigenvalue weighted by atomic mass is 16.2. The Morgan fingerprint density at radius 2 is 1.58 bits per heavy atom. The number of hydrazone groups is 1. The average Bonchev–Trinajstić information content (AvgIpc) is 2.49. The highest BCUT2D eigenvalue weighted by Crippen LogP contribution is 2.14. The molecule has 5 nitrogen and oxygen atoms in total. The van der Waals surface area contributed by atoms with Gasteiger partial charge in [-0.25, -0.2) is 5.43 Å². The molecule has 24 heavy (non-hydrogen) atoms. The third-order valence-corrected chi connectivity index (χ3v) is 3.58. The Hall–Kier alpha value is -2.95. The molecule has 2 aromatic rings. The molecule has 0 aliphatic heterocycles. The first kappa shape index (κ1) is 17.4. The van der Waals surface area contributed by atoms with Crippen LogP contribution in [-0.4, -0.2) is 18.0 Å². The van der Waals surface area contributed by atoms with Crippen molar-refractivity contribution in [2.45, 2.75) is 27.7 Å². The Morgan fingerprint density at radius 1 is 0.917 bits per heavy atom. The van der Waals surface area contributed by atoms with E-state index in [2.05, 4.69) is 15.8 Å². The van der Waals surface area contributed by atoms with E-state index in [9.17, 15) is 9.59 Å². The van der Waals surface area contributed by atoms with Gasteiger partial charge in [0.25, 0.3) is 0 Å². The van der Waals surface area contributed by atoms with Gasteiger partial charge in [-0.3, -0.25) is 9.59 Å². The molecule has 0 radical (unpaired) electrons. The largest absolute Gasteiger partial charge is 0.329 e. The van der Waals surface area contributed by atoms with Crippen molar-refractivity contribution in [2.75, 3.05) is 5.32 Å². The minimum atomic E-state index is -0.810. The zero-order chi connectivity index (χ0) is 17.7. The lowest BCUT2D eigenvalue weighted by molar-refractivity contribution is -0.136. The molecule has 0 fully saturated rings. The summed E-state index contributed by atoms with van der Waals surface area (Å²) in [6.45, 7) is 7.89. The van der Waals surface area contributed by atoms with E-state index in [1.807, 2.05) is 52.0 Å². The topological polar surface area (TPSA) is 70.6 Å². The zero-order valence-electron chi connectivity index (χ0n) is 14.3. The van der Waals surface area contributed by atoms with Gasteiger partial charge in [0.05, 0.1) is 6.21 Å². The second-order valence-corrected chi connectivity index (χ2v) is 5.84. The number of rotatable bonds is 3. The summed E-state index contributed by atoms with van der Waals surface area (Å²) in [6, 6.07) is 11.3. The van der Waals surface area contributed by atoms with Crippen molar-refractivity contribution in [3.8, 4) is 0 Å². The van der Waals surface area contributed by atoms with Crippen molar-refractivity contribution in [1.29, 1.82) is 0 Å². The van der Waals surface area contributed by atoms with E-state index in [-0.39, 0.29) is 0 Å². The van der Waals surface area contributed by atoms with Gasteiger partial charge in [0.2, 0.25) is 0 Å². The van der Waals surface area contributed by atoms with E-state index in [1.54, 1.807) is 18.3 Å². The van der Waals surface area contributed by atoms with E-state index in [0.717, 1.165) is 22.3 Å². The number of aryl methyl sites for hydroxylation is 4. The van der Waals surface area contributed by atoms with Gasteiger partial charge in [0.1, 0.15) is 0 Å². The number of carbonyl (C=O) groups excluding carboxylic acids is 2. The summed E-state index contributed by atoms with van der Waals surface area (Å²) in [4.78, 5) is 23.7. The molecule has 0 saturated heterocycles. The second kappa shape index (κ2) is 7.55. The van der Waals surface area contributed by atoms with Crippen LogP contribution in [0.5, 0.6) is 0 Å². The summed E-state index contributed by atoms with van der Waals surface area (Å²) in [5.74, 6) is -1.56. The van der Waals surface area contributed by atoms with Crippen LogP contribution in [-0.2, 0) is 9.59 Å². The molecule has 2 N–H and O–H groups in total. The van der Waals surface area contributed by atoms with Crippen LogP contribution in [0.4, 0.5) is 5.69 Å².